The van der Waals surface area contributed by atoms with Gasteiger partial charge in [0.05, 0.1) is 0 Å². The lowest BCUT2D eigenvalue weighted by Crippen LogP contribution is -2.50. The predicted octanol–water partition coefficient (Wildman–Crippen LogP) is 5.60. The Bertz CT molecular complexity index is 924. The molecule has 0 saturated heterocycles. The summed E-state index contributed by atoms with van der Waals surface area (Å²) in [7, 11) is -2.29. The van der Waals surface area contributed by atoms with E-state index in [1.807, 2.05) is 62.1 Å². The molecule has 5 heteroatoms. The van der Waals surface area contributed by atoms with Crippen LogP contribution >= 0.6 is 0 Å². The van der Waals surface area contributed by atoms with Crippen LogP contribution in [-0.4, -0.2) is 14.1 Å². The van der Waals surface area contributed by atoms with Crippen molar-refractivity contribution >= 4 is 30.6 Å². The molecule has 0 bridgehead atoms. The zero-order valence-corrected chi connectivity index (χ0v) is 15.4. The molecule has 128 valence electrons. The summed E-state index contributed by atoms with van der Waals surface area (Å²) in [5.74, 6) is -2.31. The average molecular weight is 355 g/mol. The number of rotatable bonds is 3. The van der Waals surface area contributed by atoms with Crippen LogP contribution in [0.4, 0.5) is 14.5 Å². The van der Waals surface area contributed by atoms with Crippen LogP contribution in [-0.2, 0) is 0 Å². The number of amides is 1. The number of anilines is 1. The van der Waals surface area contributed by atoms with Crippen molar-refractivity contribution in [2.45, 2.75) is 19.6 Å². The van der Waals surface area contributed by atoms with Gasteiger partial charge in [-0.05, 0) is 23.6 Å². The van der Waals surface area contributed by atoms with Crippen LogP contribution in [0.5, 0.6) is 0 Å². The van der Waals surface area contributed by atoms with Gasteiger partial charge in [-0.15, -0.1) is 0 Å². The fourth-order valence-electron chi connectivity index (χ4n) is 2.99. The third-order valence-corrected chi connectivity index (χ3v) is 5.84. The van der Waals surface area contributed by atoms with Crippen LogP contribution in [0.1, 0.15) is 10.4 Å². The zero-order valence-electron chi connectivity index (χ0n) is 14.4. The van der Waals surface area contributed by atoms with Crippen molar-refractivity contribution < 1.29 is 13.6 Å². The summed E-state index contributed by atoms with van der Waals surface area (Å²) in [5.41, 5.74) is 0.183. The second-order valence-electron chi connectivity index (χ2n) is 6.91. The van der Waals surface area contributed by atoms with Gasteiger partial charge in [-0.1, -0.05) is 62.1 Å². The van der Waals surface area contributed by atoms with E-state index in [9.17, 15) is 13.6 Å². The second kappa shape index (κ2) is 6.41. The van der Waals surface area contributed by atoms with E-state index in [4.69, 9.17) is 0 Å². The fraction of sp³-hybridized carbons (Fsp3) is 0.150. The van der Waals surface area contributed by atoms with E-state index in [0.717, 1.165) is 22.9 Å². The van der Waals surface area contributed by atoms with E-state index in [2.05, 4.69) is 0 Å². The van der Waals surface area contributed by atoms with Gasteiger partial charge in [-0.3, -0.25) is 4.79 Å². The molecule has 0 atom stereocenters. The molecule has 0 unspecified atom stereocenters. The van der Waals surface area contributed by atoms with Crippen LogP contribution in [0.3, 0.4) is 0 Å². The van der Waals surface area contributed by atoms with Gasteiger partial charge in [-0.25, -0.2) is 8.78 Å². The third kappa shape index (κ3) is 3.19. The standard InChI is InChI=1S/C20H19F2NOSi/c1-25(2,3)23(20(24)19-16(21)11-7-12-17(19)22)18-13-6-9-14-8-4-5-10-15(14)18/h4-13H,1-3H3. The molecular weight excluding hydrogens is 336 g/mol. The number of hydrogen-bond acceptors (Lipinski definition) is 1. The van der Waals surface area contributed by atoms with Crippen LogP contribution in [0.2, 0.25) is 19.6 Å². The van der Waals surface area contributed by atoms with Gasteiger partial charge in [0, 0.05) is 11.1 Å². The minimum Gasteiger partial charge on any atom is -0.336 e. The van der Waals surface area contributed by atoms with E-state index in [-0.39, 0.29) is 0 Å². The first-order chi connectivity index (χ1) is 11.8. The first-order valence-corrected chi connectivity index (χ1v) is 11.5. The summed E-state index contributed by atoms with van der Waals surface area (Å²) in [5, 5.41) is 1.86. The lowest BCUT2D eigenvalue weighted by Gasteiger charge is -2.35. The van der Waals surface area contributed by atoms with Gasteiger partial charge in [-0.2, -0.15) is 0 Å². The molecule has 0 fully saturated rings. The van der Waals surface area contributed by atoms with Crippen LogP contribution in [0, 0.1) is 11.6 Å². The Hall–Kier alpha value is -2.53. The smallest absolute Gasteiger partial charge is 0.256 e. The first-order valence-electron chi connectivity index (χ1n) is 8.07. The van der Waals surface area contributed by atoms with E-state index in [1.165, 1.54) is 6.07 Å². The number of fused-ring (bicyclic) bond motifs is 1. The van der Waals surface area contributed by atoms with E-state index in [1.54, 1.807) is 4.57 Å². The predicted molar refractivity (Wildman–Crippen MR) is 100 cm³/mol. The molecule has 1 amide bonds. The molecule has 0 aromatic heterocycles. The van der Waals surface area contributed by atoms with Gasteiger partial charge in [0.1, 0.15) is 17.2 Å². The number of halogens is 2. The third-order valence-electron chi connectivity index (χ3n) is 4.06. The van der Waals surface area contributed by atoms with Crippen molar-refractivity contribution in [3.8, 4) is 0 Å². The molecule has 3 rings (SSSR count). The number of carbonyl (C=O) groups is 1. The summed E-state index contributed by atoms with van der Waals surface area (Å²) in [6.45, 7) is 5.93. The first kappa shape index (κ1) is 17.3. The molecule has 0 radical (unpaired) electrons. The van der Waals surface area contributed by atoms with Gasteiger partial charge < -0.3 is 4.57 Å². The van der Waals surface area contributed by atoms with Gasteiger partial charge in [0.25, 0.3) is 5.91 Å². The van der Waals surface area contributed by atoms with Gasteiger partial charge in [0.15, 0.2) is 8.24 Å². The molecule has 25 heavy (non-hydrogen) atoms. The molecule has 0 aliphatic rings. The summed E-state index contributed by atoms with van der Waals surface area (Å²) in [6, 6.07) is 16.8. The molecule has 0 saturated carbocycles. The Balaban J connectivity index is 2.24. The zero-order chi connectivity index (χ0) is 18.2. The van der Waals surface area contributed by atoms with Gasteiger partial charge >= 0.3 is 0 Å². The molecule has 2 nitrogen and oxygen atoms in total. The van der Waals surface area contributed by atoms with Crippen molar-refractivity contribution in [3.63, 3.8) is 0 Å². The minimum atomic E-state index is -2.29. The SMILES string of the molecule is C[Si](C)(C)N(C(=O)c1c(F)cccc1F)c1cccc2ccccc12. The monoisotopic (exact) mass is 355 g/mol. The average Bonchev–Trinajstić information content (AvgIpc) is 2.54. The van der Waals surface area contributed by atoms with E-state index in [0.29, 0.717) is 5.69 Å². The number of carbonyl (C=O) groups excluding carboxylic acids is 1. The van der Waals surface area contributed by atoms with Crippen molar-refractivity contribution in [3.05, 3.63) is 77.9 Å². The van der Waals surface area contributed by atoms with Crippen molar-refractivity contribution in [1.82, 2.24) is 0 Å². The summed E-state index contributed by atoms with van der Waals surface area (Å²) >= 11 is 0. The lowest BCUT2D eigenvalue weighted by atomic mass is 10.1. The quantitative estimate of drug-likeness (QED) is 0.560. The molecule has 0 spiro atoms. The van der Waals surface area contributed by atoms with E-state index >= 15 is 0 Å². The maximum atomic E-state index is 14.2. The number of benzene rings is 3. The highest BCUT2D eigenvalue weighted by molar-refractivity contribution is 6.83. The molecule has 3 aromatic rings. The minimum absolute atomic E-state index is 0.502. The topological polar surface area (TPSA) is 20.3 Å². The van der Waals surface area contributed by atoms with Crippen LogP contribution in [0.15, 0.2) is 60.7 Å². The lowest BCUT2D eigenvalue weighted by molar-refractivity contribution is 0.0995. The normalized spacial score (nSPS) is 11.6. The number of nitrogens with zero attached hydrogens (tertiary/aromatic N) is 1. The molecule has 0 aliphatic carbocycles. The second-order valence-corrected chi connectivity index (χ2v) is 11.7. The number of hydrogen-bond donors (Lipinski definition) is 0. The van der Waals surface area contributed by atoms with Crippen molar-refractivity contribution in [2.75, 3.05) is 4.57 Å². The summed E-state index contributed by atoms with van der Waals surface area (Å²) < 4.78 is 30.0. The molecule has 0 N–H and O–H groups in total. The molecule has 0 aliphatic heterocycles. The van der Waals surface area contributed by atoms with Crippen molar-refractivity contribution in [2.24, 2.45) is 0 Å². The van der Waals surface area contributed by atoms with Crippen LogP contribution in [0.25, 0.3) is 10.8 Å². The Morgan fingerprint density at radius 1 is 0.840 bits per heavy atom. The van der Waals surface area contributed by atoms with Crippen molar-refractivity contribution in [1.29, 1.82) is 0 Å². The highest BCUT2D eigenvalue weighted by atomic mass is 28.3. The van der Waals surface area contributed by atoms with E-state index < -0.39 is 31.3 Å². The highest BCUT2D eigenvalue weighted by Gasteiger charge is 2.34. The summed E-state index contributed by atoms with van der Waals surface area (Å²) in [6.07, 6.45) is 0. The summed E-state index contributed by atoms with van der Waals surface area (Å²) in [4.78, 5) is 13.2. The Morgan fingerprint density at radius 3 is 2.04 bits per heavy atom. The molecule has 0 heterocycles. The largest absolute Gasteiger partial charge is 0.336 e. The Kier molecular flexibility index (Phi) is 4.43. The fourth-order valence-corrected chi connectivity index (χ4v) is 4.63. The highest BCUT2D eigenvalue weighted by Crippen LogP contribution is 2.32. The Labute approximate surface area is 146 Å². The maximum absolute atomic E-state index is 14.2. The van der Waals surface area contributed by atoms with Crippen LogP contribution < -0.4 is 4.57 Å². The molecular formula is C20H19F2NOSi. The van der Waals surface area contributed by atoms with Gasteiger partial charge in [0.2, 0.25) is 0 Å². The maximum Gasteiger partial charge on any atom is 0.256 e. The molecule has 3 aromatic carbocycles. The Morgan fingerprint density at radius 2 is 1.40 bits per heavy atom.